The Hall–Kier alpha value is -2.93. The van der Waals surface area contributed by atoms with Gasteiger partial charge in [0, 0.05) is 30.6 Å². The monoisotopic (exact) mass is 382 g/mol. The molecule has 7 nitrogen and oxygen atoms in total. The van der Waals surface area contributed by atoms with Crippen LogP contribution in [-0.4, -0.2) is 37.6 Å². The molecule has 1 atom stereocenters. The van der Waals surface area contributed by atoms with Crippen LogP contribution in [0.25, 0.3) is 5.82 Å². The molecule has 0 aromatic carbocycles. The second-order valence-corrected chi connectivity index (χ2v) is 6.99. The van der Waals surface area contributed by atoms with E-state index < -0.39 is 0 Å². The highest BCUT2D eigenvalue weighted by molar-refractivity contribution is 6.30. The van der Waals surface area contributed by atoms with Crippen molar-refractivity contribution in [2.75, 3.05) is 12.4 Å². The largest absolute Gasteiger partial charge is 0.373 e. The van der Waals surface area contributed by atoms with E-state index in [1.165, 1.54) is 0 Å². The number of aryl methyl sites for hydroxylation is 1. The van der Waals surface area contributed by atoms with Crippen molar-refractivity contribution in [3.63, 3.8) is 0 Å². The minimum Gasteiger partial charge on any atom is -0.373 e. The van der Waals surface area contributed by atoms with Gasteiger partial charge in [-0.05, 0) is 37.1 Å². The number of rotatable bonds is 4. The molecule has 1 unspecified atom stereocenters. The first-order valence-electron chi connectivity index (χ1n) is 8.63. The summed E-state index contributed by atoms with van der Waals surface area (Å²) in [5.74, 6) is 1.48. The van der Waals surface area contributed by atoms with Gasteiger partial charge in [0.25, 0.3) is 5.91 Å². The molecule has 3 aromatic heterocycles. The van der Waals surface area contributed by atoms with Crippen LogP contribution in [0.3, 0.4) is 0 Å². The first-order valence-corrected chi connectivity index (χ1v) is 9.01. The van der Waals surface area contributed by atoms with Crippen molar-refractivity contribution in [2.24, 2.45) is 0 Å². The fraction of sp³-hybridized carbons (Fsp3) is 0.263. The number of aromatic nitrogens is 4. The lowest BCUT2D eigenvalue weighted by molar-refractivity contribution is 0.0715. The van der Waals surface area contributed by atoms with Gasteiger partial charge in [0.1, 0.15) is 5.82 Å². The van der Waals surface area contributed by atoms with E-state index in [2.05, 4.69) is 20.4 Å². The van der Waals surface area contributed by atoms with Crippen LogP contribution >= 0.6 is 11.6 Å². The van der Waals surface area contributed by atoms with Crippen molar-refractivity contribution in [2.45, 2.75) is 26.4 Å². The van der Waals surface area contributed by atoms with Gasteiger partial charge in [-0.15, -0.1) is 0 Å². The molecule has 1 N–H and O–H groups in total. The molecular weight excluding hydrogens is 364 g/mol. The first kappa shape index (κ1) is 17.5. The number of hydrogen-bond acceptors (Lipinski definition) is 5. The number of nitrogens with zero attached hydrogens (tertiary/aromatic N) is 5. The van der Waals surface area contributed by atoms with Gasteiger partial charge in [-0.3, -0.25) is 4.79 Å². The van der Waals surface area contributed by atoms with E-state index >= 15 is 0 Å². The number of hydrogen-bond donors (Lipinski definition) is 1. The molecule has 0 fully saturated rings. The maximum absolute atomic E-state index is 12.9. The second-order valence-electron chi connectivity index (χ2n) is 6.56. The van der Waals surface area contributed by atoms with E-state index in [-0.39, 0.29) is 11.9 Å². The Balaban J connectivity index is 1.63. The van der Waals surface area contributed by atoms with Gasteiger partial charge < -0.3 is 10.2 Å². The van der Waals surface area contributed by atoms with Gasteiger partial charge in [-0.2, -0.15) is 5.10 Å². The molecule has 0 aliphatic carbocycles. The Morgan fingerprint density at radius 2 is 2.11 bits per heavy atom. The fourth-order valence-corrected chi connectivity index (χ4v) is 3.57. The molecule has 0 bridgehead atoms. The van der Waals surface area contributed by atoms with Gasteiger partial charge >= 0.3 is 0 Å². The quantitative estimate of drug-likeness (QED) is 0.748. The third-order valence-electron chi connectivity index (χ3n) is 4.90. The topological polar surface area (TPSA) is 75.9 Å². The zero-order valence-electron chi connectivity index (χ0n) is 15.3. The van der Waals surface area contributed by atoms with Crippen molar-refractivity contribution >= 4 is 23.3 Å². The maximum atomic E-state index is 12.9. The Bertz CT molecular complexity index is 1030. The molecule has 4 heterocycles. The van der Waals surface area contributed by atoms with Crippen LogP contribution in [-0.2, 0) is 6.54 Å². The van der Waals surface area contributed by atoms with Gasteiger partial charge in [-0.25, -0.2) is 14.6 Å². The van der Waals surface area contributed by atoms with E-state index in [1.807, 2.05) is 31.9 Å². The van der Waals surface area contributed by atoms with Gasteiger partial charge in [-0.1, -0.05) is 11.6 Å². The molecule has 0 radical (unpaired) electrons. The standard InChI is InChI=1S/C19H19ClN6O/c1-11-6-13(7-23-18(11)26-9-14(20)8-24-26)12(2)25-10-16-15(19(25)27)4-5-22-17(16)21-3/h4-9,12H,10H2,1-3H3,(H,21,22). The molecule has 138 valence electrons. The smallest absolute Gasteiger partial charge is 0.255 e. The van der Waals surface area contributed by atoms with E-state index in [0.29, 0.717) is 17.1 Å². The molecular formula is C19H19ClN6O. The lowest BCUT2D eigenvalue weighted by atomic mass is 10.1. The molecule has 3 aromatic rings. The maximum Gasteiger partial charge on any atom is 0.255 e. The first-order chi connectivity index (χ1) is 13.0. The number of fused-ring (bicyclic) bond motifs is 1. The Kier molecular flexibility index (Phi) is 4.31. The lowest BCUT2D eigenvalue weighted by Gasteiger charge is -2.25. The van der Waals surface area contributed by atoms with Gasteiger partial charge in [0.15, 0.2) is 5.82 Å². The van der Waals surface area contributed by atoms with E-state index in [4.69, 9.17) is 11.6 Å². The van der Waals surface area contributed by atoms with Crippen molar-refractivity contribution in [1.29, 1.82) is 0 Å². The lowest BCUT2D eigenvalue weighted by Crippen LogP contribution is -2.27. The predicted octanol–water partition coefficient (Wildman–Crippen LogP) is 3.38. The van der Waals surface area contributed by atoms with Gasteiger partial charge in [0.2, 0.25) is 0 Å². The summed E-state index contributed by atoms with van der Waals surface area (Å²) in [6, 6.07) is 3.70. The predicted molar refractivity (Wildman–Crippen MR) is 103 cm³/mol. The molecule has 27 heavy (non-hydrogen) atoms. The minimum absolute atomic E-state index is 0.0111. The van der Waals surface area contributed by atoms with Crippen LogP contribution in [0.1, 0.15) is 40.0 Å². The molecule has 1 aliphatic rings. The number of halogens is 1. The zero-order chi connectivity index (χ0) is 19.1. The normalized spacial score (nSPS) is 14.4. The molecule has 0 spiro atoms. The summed E-state index contributed by atoms with van der Waals surface area (Å²) < 4.78 is 1.65. The van der Waals surface area contributed by atoms with Crippen molar-refractivity contribution < 1.29 is 4.79 Å². The highest BCUT2D eigenvalue weighted by atomic mass is 35.5. The van der Waals surface area contributed by atoms with Crippen LogP contribution in [0.5, 0.6) is 0 Å². The number of pyridine rings is 2. The number of carbonyl (C=O) groups excluding carboxylic acids is 1. The molecule has 8 heteroatoms. The summed E-state index contributed by atoms with van der Waals surface area (Å²) in [6.07, 6.45) is 6.74. The zero-order valence-corrected chi connectivity index (χ0v) is 16.0. The summed E-state index contributed by atoms with van der Waals surface area (Å²) in [5, 5.41) is 7.82. The number of amides is 1. The summed E-state index contributed by atoms with van der Waals surface area (Å²) in [6.45, 7) is 4.50. The molecule has 0 saturated carbocycles. The fourth-order valence-electron chi connectivity index (χ4n) is 3.43. The molecule has 1 amide bonds. The third-order valence-corrected chi connectivity index (χ3v) is 5.10. The number of anilines is 1. The van der Waals surface area contributed by atoms with E-state index in [0.717, 1.165) is 28.3 Å². The Labute approximate surface area is 162 Å². The van der Waals surface area contributed by atoms with E-state index in [1.54, 1.807) is 35.5 Å². The molecule has 4 rings (SSSR count). The van der Waals surface area contributed by atoms with Crippen LogP contribution in [0, 0.1) is 6.92 Å². The van der Waals surface area contributed by atoms with Gasteiger partial charge in [0.05, 0.1) is 30.0 Å². The highest BCUT2D eigenvalue weighted by Gasteiger charge is 2.33. The summed E-state index contributed by atoms with van der Waals surface area (Å²) in [4.78, 5) is 23.6. The van der Waals surface area contributed by atoms with Crippen molar-refractivity contribution in [3.8, 4) is 5.82 Å². The average molecular weight is 383 g/mol. The van der Waals surface area contributed by atoms with Crippen LogP contribution in [0.15, 0.2) is 36.9 Å². The third kappa shape index (κ3) is 2.94. The summed E-state index contributed by atoms with van der Waals surface area (Å²) in [7, 11) is 1.81. The average Bonchev–Trinajstić information content (AvgIpc) is 3.24. The summed E-state index contributed by atoms with van der Waals surface area (Å²) in [5.41, 5.74) is 3.56. The number of nitrogens with one attached hydrogen (secondary N) is 1. The Morgan fingerprint density at radius 3 is 2.78 bits per heavy atom. The van der Waals surface area contributed by atoms with Crippen LogP contribution < -0.4 is 5.32 Å². The highest BCUT2D eigenvalue weighted by Crippen LogP contribution is 2.34. The van der Waals surface area contributed by atoms with Crippen molar-refractivity contribution in [1.82, 2.24) is 24.6 Å². The molecule has 0 saturated heterocycles. The van der Waals surface area contributed by atoms with Crippen LogP contribution in [0.4, 0.5) is 5.82 Å². The Morgan fingerprint density at radius 1 is 1.30 bits per heavy atom. The van der Waals surface area contributed by atoms with E-state index in [9.17, 15) is 4.79 Å². The SMILES string of the molecule is CNc1nccc2c1CN(C(C)c1cnc(-n3cc(Cl)cn3)c(C)c1)C2=O. The van der Waals surface area contributed by atoms with Crippen molar-refractivity contribution in [3.05, 3.63) is 64.2 Å². The second kappa shape index (κ2) is 6.66. The molecule has 1 aliphatic heterocycles. The minimum atomic E-state index is -0.115. The van der Waals surface area contributed by atoms with Crippen LogP contribution in [0.2, 0.25) is 5.02 Å². The summed E-state index contributed by atoms with van der Waals surface area (Å²) >= 11 is 5.95. The number of carbonyl (C=O) groups is 1.